The monoisotopic (exact) mass is 470 g/mol. The number of aryl methyl sites for hydroxylation is 1. The van der Waals surface area contributed by atoms with Crippen LogP contribution >= 0.6 is 11.6 Å². The fourth-order valence-electron chi connectivity index (χ4n) is 3.65. The molecule has 6 nitrogen and oxygen atoms in total. The second-order valence-electron chi connectivity index (χ2n) is 7.48. The van der Waals surface area contributed by atoms with Crippen molar-refractivity contribution >= 4 is 27.3 Å². The molecule has 3 aromatic carbocycles. The summed E-state index contributed by atoms with van der Waals surface area (Å²) in [4.78, 5) is 0.174. The maximum Gasteiger partial charge on any atom is 0.279 e. The second kappa shape index (κ2) is 8.84. The summed E-state index contributed by atoms with van der Waals surface area (Å²) in [6.45, 7) is 1.91. The summed E-state index contributed by atoms with van der Waals surface area (Å²) >= 11 is 6.46. The van der Waals surface area contributed by atoms with Gasteiger partial charge in [0.25, 0.3) is 10.0 Å². The average Bonchev–Trinajstić information content (AvgIpc) is 3.25. The summed E-state index contributed by atoms with van der Waals surface area (Å²) in [7, 11) is -0.787. The molecular weight excluding hydrogens is 448 g/mol. The van der Waals surface area contributed by atoms with Gasteiger partial charge in [0, 0.05) is 23.1 Å². The molecule has 3 aromatic rings. The molecule has 0 radical (unpaired) electrons. The van der Waals surface area contributed by atoms with E-state index in [9.17, 15) is 8.42 Å². The Morgan fingerprint density at radius 2 is 1.59 bits per heavy atom. The van der Waals surface area contributed by atoms with Gasteiger partial charge in [0.15, 0.2) is 0 Å². The molecule has 8 heteroatoms. The second-order valence-corrected chi connectivity index (χ2v) is 9.68. The molecule has 0 bridgehead atoms. The number of benzene rings is 3. The van der Waals surface area contributed by atoms with E-state index in [0.717, 1.165) is 11.1 Å². The first-order valence-electron chi connectivity index (χ1n) is 10.00. The standard InChI is InChI=1S/C24H23ClN2O4S/c1-16-8-10-20(11-9-16)32(28,29)27-24(21-6-4-5-7-22(21)25)15-23(26-27)17-12-18(30-2)14-19(13-17)31-3/h4-14,24H,15H2,1-3H3/t24-/m1/s1. The third-order valence-electron chi connectivity index (χ3n) is 5.39. The maximum absolute atomic E-state index is 13.6. The van der Waals surface area contributed by atoms with Gasteiger partial charge in [-0.05, 0) is 42.8 Å². The Hall–Kier alpha value is -3.03. The van der Waals surface area contributed by atoms with Crippen LogP contribution in [0.3, 0.4) is 0 Å². The van der Waals surface area contributed by atoms with Crippen molar-refractivity contribution < 1.29 is 17.9 Å². The van der Waals surface area contributed by atoms with Crippen molar-refractivity contribution in [3.05, 3.63) is 88.4 Å². The van der Waals surface area contributed by atoms with Gasteiger partial charge in [0.05, 0.1) is 30.9 Å². The van der Waals surface area contributed by atoms with E-state index in [-0.39, 0.29) is 4.90 Å². The number of hydrogen-bond acceptors (Lipinski definition) is 5. The quantitative estimate of drug-likeness (QED) is 0.496. The Kier molecular flexibility index (Phi) is 6.13. The fourth-order valence-corrected chi connectivity index (χ4v) is 5.34. The molecule has 1 atom stereocenters. The molecule has 0 saturated carbocycles. The van der Waals surface area contributed by atoms with E-state index in [2.05, 4.69) is 5.10 Å². The van der Waals surface area contributed by atoms with E-state index < -0.39 is 16.1 Å². The van der Waals surface area contributed by atoms with Crippen LogP contribution in [0.15, 0.2) is 76.7 Å². The number of nitrogens with zero attached hydrogens (tertiary/aromatic N) is 2. The van der Waals surface area contributed by atoms with Gasteiger partial charge in [-0.1, -0.05) is 47.5 Å². The minimum Gasteiger partial charge on any atom is -0.497 e. The van der Waals surface area contributed by atoms with Gasteiger partial charge in [-0.25, -0.2) is 0 Å². The highest BCUT2D eigenvalue weighted by atomic mass is 35.5. The first-order chi connectivity index (χ1) is 15.3. The first-order valence-corrected chi connectivity index (χ1v) is 11.8. The molecule has 0 N–H and O–H groups in total. The summed E-state index contributed by atoms with van der Waals surface area (Å²) in [6.07, 6.45) is 0.352. The predicted octanol–water partition coefficient (Wildman–Crippen LogP) is 5.21. The van der Waals surface area contributed by atoms with Crippen LogP contribution < -0.4 is 9.47 Å². The van der Waals surface area contributed by atoms with Crippen molar-refractivity contribution in [1.29, 1.82) is 0 Å². The fraction of sp³-hybridized carbons (Fsp3) is 0.208. The van der Waals surface area contributed by atoms with Crippen LogP contribution in [0.25, 0.3) is 0 Å². The van der Waals surface area contributed by atoms with Crippen LogP contribution in [0.5, 0.6) is 11.5 Å². The van der Waals surface area contributed by atoms with Gasteiger partial charge in [0.1, 0.15) is 11.5 Å². The Labute approximate surface area is 193 Å². The van der Waals surface area contributed by atoms with Crippen LogP contribution in [0.1, 0.15) is 29.2 Å². The summed E-state index contributed by atoms with van der Waals surface area (Å²) in [5, 5.41) is 5.06. The van der Waals surface area contributed by atoms with Crippen LogP contribution in [0, 0.1) is 6.92 Å². The number of halogens is 1. The Balaban J connectivity index is 1.84. The number of ether oxygens (including phenoxy) is 2. The lowest BCUT2D eigenvalue weighted by molar-refractivity contribution is 0.371. The summed E-state index contributed by atoms with van der Waals surface area (Å²) in [5.41, 5.74) is 2.99. The van der Waals surface area contributed by atoms with Crippen molar-refractivity contribution in [1.82, 2.24) is 4.41 Å². The molecule has 1 heterocycles. The van der Waals surface area contributed by atoms with Crippen molar-refractivity contribution in [2.45, 2.75) is 24.3 Å². The predicted molar refractivity (Wildman–Crippen MR) is 125 cm³/mol. The van der Waals surface area contributed by atoms with Gasteiger partial charge in [-0.15, -0.1) is 0 Å². The molecule has 0 unspecified atom stereocenters. The third kappa shape index (κ3) is 4.18. The Morgan fingerprint density at radius 1 is 0.969 bits per heavy atom. The largest absolute Gasteiger partial charge is 0.497 e. The van der Waals surface area contributed by atoms with E-state index >= 15 is 0 Å². The van der Waals surface area contributed by atoms with Gasteiger partial charge < -0.3 is 9.47 Å². The summed E-state index contributed by atoms with van der Waals surface area (Å²) < 4.78 is 39.1. The molecule has 32 heavy (non-hydrogen) atoms. The topological polar surface area (TPSA) is 68.2 Å². The molecule has 0 saturated heterocycles. The highest BCUT2D eigenvalue weighted by molar-refractivity contribution is 7.89. The van der Waals surface area contributed by atoms with Crippen LogP contribution in [0.2, 0.25) is 5.02 Å². The summed E-state index contributed by atoms with van der Waals surface area (Å²) in [5.74, 6) is 1.19. The lowest BCUT2D eigenvalue weighted by atomic mass is 9.99. The molecule has 1 aliphatic rings. The Bertz CT molecular complexity index is 1250. The number of rotatable bonds is 6. The van der Waals surface area contributed by atoms with Gasteiger partial charge in [-0.2, -0.15) is 17.9 Å². The van der Waals surface area contributed by atoms with E-state index in [0.29, 0.717) is 34.2 Å². The van der Waals surface area contributed by atoms with Crippen LogP contribution in [-0.4, -0.2) is 32.8 Å². The van der Waals surface area contributed by atoms with Crippen LogP contribution in [-0.2, 0) is 10.0 Å². The van der Waals surface area contributed by atoms with Crippen molar-refractivity contribution in [2.75, 3.05) is 14.2 Å². The number of methoxy groups -OCH3 is 2. The Morgan fingerprint density at radius 3 is 2.19 bits per heavy atom. The number of sulfonamides is 1. The van der Waals surface area contributed by atoms with Crippen molar-refractivity contribution in [3.8, 4) is 11.5 Å². The molecule has 166 valence electrons. The third-order valence-corrected chi connectivity index (χ3v) is 7.43. The van der Waals surface area contributed by atoms with Crippen molar-refractivity contribution in [3.63, 3.8) is 0 Å². The van der Waals surface area contributed by atoms with E-state index in [4.69, 9.17) is 21.1 Å². The molecule has 0 fully saturated rings. The van der Waals surface area contributed by atoms with Gasteiger partial charge in [0.2, 0.25) is 0 Å². The zero-order valence-corrected chi connectivity index (χ0v) is 19.5. The highest BCUT2D eigenvalue weighted by Crippen LogP contribution is 2.40. The summed E-state index contributed by atoms with van der Waals surface area (Å²) in [6, 6.07) is 18.8. The van der Waals surface area contributed by atoms with Crippen molar-refractivity contribution in [2.24, 2.45) is 5.10 Å². The first kappa shape index (κ1) is 22.2. The van der Waals surface area contributed by atoms with E-state index in [1.807, 2.05) is 37.3 Å². The molecular formula is C24H23ClN2O4S. The minimum absolute atomic E-state index is 0.174. The average molecular weight is 471 g/mol. The number of hydrogen-bond donors (Lipinski definition) is 0. The van der Waals surface area contributed by atoms with Gasteiger partial charge >= 0.3 is 0 Å². The van der Waals surface area contributed by atoms with Crippen LogP contribution in [0.4, 0.5) is 0 Å². The molecule has 4 rings (SSSR count). The smallest absolute Gasteiger partial charge is 0.279 e. The molecule has 0 amide bonds. The number of hydrazone groups is 1. The lowest BCUT2D eigenvalue weighted by Gasteiger charge is -2.24. The lowest BCUT2D eigenvalue weighted by Crippen LogP contribution is -2.27. The normalized spacial score (nSPS) is 16.1. The molecule has 0 aromatic heterocycles. The van der Waals surface area contributed by atoms with E-state index in [1.54, 1.807) is 50.6 Å². The SMILES string of the molecule is COc1cc(OC)cc(C2=NN(S(=O)(=O)c3ccc(C)cc3)[C@@H](c3ccccc3Cl)C2)c1. The zero-order chi connectivity index (χ0) is 22.9. The molecule has 0 aliphatic carbocycles. The van der Waals surface area contributed by atoms with E-state index in [1.165, 1.54) is 4.41 Å². The highest BCUT2D eigenvalue weighted by Gasteiger charge is 2.38. The maximum atomic E-state index is 13.6. The van der Waals surface area contributed by atoms with Gasteiger partial charge in [-0.3, -0.25) is 0 Å². The zero-order valence-electron chi connectivity index (χ0n) is 17.9. The molecule has 1 aliphatic heterocycles. The minimum atomic E-state index is -3.92. The molecule has 0 spiro atoms.